The molecule has 7 nitrogen and oxygen atoms in total. The Balaban J connectivity index is 1.41. The quantitative estimate of drug-likeness (QED) is 0.257. The predicted octanol–water partition coefficient (Wildman–Crippen LogP) is 5.56. The fraction of sp³-hybridized carbons (Fsp3) is 0.167. The van der Waals surface area contributed by atoms with Crippen molar-refractivity contribution in [3.05, 3.63) is 120 Å². The van der Waals surface area contributed by atoms with Crippen molar-refractivity contribution < 1.29 is 22.7 Å². The van der Waals surface area contributed by atoms with Gasteiger partial charge in [0.1, 0.15) is 18.1 Å². The van der Waals surface area contributed by atoms with Crippen LogP contribution < -0.4 is 19.1 Å². The molecule has 0 radical (unpaired) electrons. The molecule has 0 saturated heterocycles. The SMILES string of the molecule is Cc1ccccc1OCCNC(=O)c1ccc(CN(c2ccccc2Oc2ccccc2)S(C)(=O)=O)cc1. The molecule has 0 aromatic heterocycles. The second kappa shape index (κ2) is 12.3. The maximum Gasteiger partial charge on any atom is 0.251 e. The first-order valence-electron chi connectivity index (χ1n) is 12.2. The van der Waals surface area contributed by atoms with Gasteiger partial charge in [-0.25, -0.2) is 8.42 Å². The van der Waals surface area contributed by atoms with Gasteiger partial charge < -0.3 is 14.8 Å². The van der Waals surface area contributed by atoms with Crippen molar-refractivity contribution in [1.82, 2.24) is 5.32 Å². The van der Waals surface area contributed by atoms with Crippen LogP contribution in [-0.4, -0.2) is 33.7 Å². The van der Waals surface area contributed by atoms with E-state index in [1.807, 2.05) is 49.4 Å². The minimum atomic E-state index is -3.64. The molecule has 4 aromatic carbocycles. The molecule has 1 amide bonds. The average molecular weight is 531 g/mol. The van der Waals surface area contributed by atoms with Crippen LogP contribution in [-0.2, 0) is 16.6 Å². The molecule has 4 aromatic rings. The number of nitrogens with zero attached hydrogens (tertiary/aromatic N) is 1. The first kappa shape index (κ1) is 26.8. The second-order valence-corrected chi connectivity index (χ2v) is 10.6. The highest BCUT2D eigenvalue weighted by Gasteiger charge is 2.22. The second-order valence-electron chi connectivity index (χ2n) is 8.72. The number of hydrogen-bond acceptors (Lipinski definition) is 5. The highest BCUT2D eigenvalue weighted by Crippen LogP contribution is 2.34. The third kappa shape index (κ3) is 7.14. The van der Waals surface area contributed by atoms with Crippen molar-refractivity contribution in [2.24, 2.45) is 0 Å². The molecule has 0 spiro atoms. The van der Waals surface area contributed by atoms with E-state index in [1.54, 1.807) is 60.7 Å². The summed E-state index contributed by atoms with van der Waals surface area (Å²) in [5.41, 5.74) is 2.66. The van der Waals surface area contributed by atoms with Gasteiger partial charge in [0.25, 0.3) is 5.91 Å². The number of benzene rings is 4. The molecular formula is C30H30N2O5S. The number of carbonyl (C=O) groups is 1. The number of nitrogens with one attached hydrogen (secondary N) is 1. The summed E-state index contributed by atoms with van der Waals surface area (Å²) in [6, 6.07) is 30.8. The van der Waals surface area contributed by atoms with Crippen molar-refractivity contribution in [2.75, 3.05) is 23.7 Å². The van der Waals surface area contributed by atoms with E-state index in [4.69, 9.17) is 9.47 Å². The minimum Gasteiger partial charge on any atom is -0.491 e. The van der Waals surface area contributed by atoms with Crippen molar-refractivity contribution >= 4 is 21.6 Å². The zero-order chi connectivity index (χ0) is 27.0. The normalized spacial score (nSPS) is 11.0. The van der Waals surface area contributed by atoms with E-state index in [0.717, 1.165) is 23.1 Å². The summed E-state index contributed by atoms with van der Waals surface area (Å²) < 4.78 is 38.6. The largest absolute Gasteiger partial charge is 0.491 e. The number of anilines is 1. The van der Waals surface area contributed by atoms with Crippen LogP contribution in [0, 0.1) is 6.92 Å². The first-order chi connectivity index (χ1) is 18.3. The Morgan fingerprint density at radius 3 is 2.13 bits per heavy atom. The van der Waals surface area contributed by atoms with Crippen molar-refractivity contribution in [1.29, 1.82) is 0 Å². The van der Waals surface area contributed by atoms with Gasteiger partial charge >= 0.3 is 0 Å². The van der Waals surface area contributed by atoms with Gasteiger partial charge in [-0.1, -0.05) is 60.7 Å². The molecule has 0 unspecified atom stereocenters. The third-order valence-corrected chi connectivity index (χ3v) is 6.91. The summed E-state index contributed by atoms with van der Waals surface area (Å²) in [7, 11) is -3.64. The third-order valence-electron chi connectivity index (χ3n) is 5.79. The number of aryl methyl sites for hydroxylation is 1. The van der Waals surface area contributed by atoms with Crippen molar-refractivity contribution in [3.63, 3.8) is 0 Å². The van der Waals surface area contributed by atoms with E-state index in [1.165, 1.54) is 4.31 Å². The number of ether oxygens (including phenoxy) is 2. The highest BCUT2D eigenvalue weighted by molar-refractivity contribution is 7.92. The Bertz CT molecular complexity index is 1470. The van der Waals surface area contributed by atoms with Crippen molar-refractivity contribution in [3.8, 4) is 17.2 Å². The minimum absolute atomic E-state index is 0.0835. The summed E-state index contributed by atoms with van der Waals surface area (Å²) in [4.78, 5) is 12.6. The molecule has 196 valence electrons. The fourth-order valence-corrected chi connectivity index (χ4v) is 4.71. The Morgan fingerprint density at radius 2 is 1.45 bits per heavy atom. The van der Waals surface area contributed by atoms with Gasteiger partial charge in [-0.3, -0.25) is 9.10 Å². The molecule has 0 fully saturated rings. The van der Waals surface area contributed by atoms with Crippen molar-refractivity contribution in [2.45, 2.75) is 13.5 Å². The standard InChI is InChI=1S/C30H30N2O5S/c1-23-10-6-8-14-28(23)36-21-20-31-30(33)25-18-16-24(17-19-25)22-32(38(2,34)35)27-13-7-9-15-29(27)37-26-11-4-3-5-12-26/h3-19H,20-22H2,1-2H3,(H,31,33). The van der Waals surface area contributed by atoms with Gasteiger partial charge in [-0.2, -0.15) is 0 Å². The van der Waals surface area contributed by atoms with Crippen LogP contribution in [0.5, 0.6) is 17.2 Å². The van der Waals surface area contributed by atoms with E-state index < -0.39 is 10.0 Å². The summed E-state index contributed by atoms with van der Waals surface area (Å²) in [6.45, 7) is 2.76. The zero-order valence-electron chi connectivity index (χ0n) is 21.3. The molecule has 38 heavy (non-hydrogen) atoms. The van der Waals surface area contributed by atoms with Crippen LogP contribution in [0.4, 0.5) is 5.69 Å². The van der Waals surface area contributed by atoms with Gasteiger partial charge in [0, 0.05) is 5.56 Å². The summed E-state index contributed by atoms with van der Waals surface area (Å²) in [5.74, 6) is 1.59. The van der Waals surface area contributed by atoms with E-state index >= 15 is 0 Å². The lowest BCUT2D eigenvalue weighted by molar-refractivity contribution is 0.0947. The van der Waals surface area contributed by atoms with Gasteiger partial charge in [-0.15, -0.1) is 0 Å². The van der Waals surface area contributed by atoms with Gasteiger partial charge in [0.05, 0.1) is 25.0 Å². The molecule has 0 aliphatic carbocycles. The molecule has 4 rings (SSSR count). The van der Waals surface area contributed by atoms with Gasteiger partial charge in [0.2, 0.25) is 10.0 Å². The molecule has 0 aliphatic heterocycles. The number of hydrogen-bond donors (Lipinski definition) is 1. The molecule has 0 saturated carbocycles. The lowest BCUT2D eigenvalue weighted by atomic mass is 10.1. The Morgan fingerprint density at radius 1 is 0.816 bits per heavy atom. The monoisotopic (exact) mass is 530 g/mol. The Hall–Kier alpha value is -4.30. The van der Waals surface area contributed by atoms with E-state index in [0.29, 0.717) is 35.9 Å². The van der Waals surface area contributed by atoms with Crippen LogP contribution in [0.15, 0.2) is 103 Å². The van der Waals surface area contributed by atoms with E-state index in [9.17, 15) is 13.2 Å². The number of carbonyl (C=O) groups excluding carboxylic acids is 1. The number of rotatable bonds is 11. The maximum absolute atomic E-state index is 12.8. The first-order valence-corrected chi connectivity index (χ1v) is 14.0. The van der Waals surface area contributed by atoms with Crippen LogP contribution in [0.3, 0.4) is 0 Å². The number of amides is 1. The number of para-hydroxylation sites is 4. The predicted molar refractivity (Wildman–Crippen MR) is 149 cm³/mol. The maximum atomic E-state index is 12.8. The summed E-state index contributed by atoms with van der Waals surface area (Å²) in [5, 5.41) is 2.84. The molecule has 0 bridgehead atoms. The summed E-state index contributed by atoms with van der Waals surface area (Å²) >= 11 is 0. The molecule has 0 heterocycles. The lowest BCUT2D eigenvalue weighted by Crippen LogP contribution is -2.30. The van der Waals surface area contributed by atoms with E-state index in [-0.39, 0.29) is 12.5 Å². The number of sulfonamides is 1. The highest BCUT2D eigenvalue weighted by atomic mass is 32.2. The molecular weight excluding hydrogens is 500 g/mol. The molecule has 0 aliphatic rings. The van der Waals surface area contributed by atoms with Gasteiger partial charge in [0.15, 0.2) is 5.75 Å². The zero-order valence-corrected chi connectivity index (χ0v) is 22.1. The molecule has 8 heteroatoms. The van der Waals surface area contributed by atoms with Crippen LogP contribution in [0.2, 0.25) is 0 Å². The summed E-state index contributed by atoms with van der Waals surface area (Å²) in [6.07, 6.45) is 1.16. The topological polar surface area (TPSA) is 84.9 Å². The fourth-order valence-electron chi connectivity index (χ4n) is 3.82. The molecule has 1 N–H and O–H groups in total. The lowest BCUT2D eigenvalue weighted by Gasteiger charge is -2.25. The average Bonchev–Trinajstić information content (AvgIpc) is 2.91. The van der Waals surface area contributed by atoms with E-state index in [2.05, 4.69) is 5.32 Å². The van der Waals surface area contributed by atoms with Gasteiger partial charge in [-0.05, 0) is 60.5 Å². The smallest absolute Gasteiger partial charge is 0.251 e. The Kier molecular flexibility index (Phi) is 8.66. The Labute approximate surface area is 223 Å². The van der Waals surface area contributed by atoms with Crippen LogP contribution in [0.25, 0.3) is 0 Å². The van der Waals surface area contributed by atoms with Crippen LogP contribution >= 0.6 is 0 Å². The van der Waals surface area contributed by atoms with Crippen LogP contribution in [0.1, 0.15) is 21.5 Å². The molecule has 0 atom stereocenters.